The maximum Gasteiger partial charge on any atom is 0.279 e. The number of hydrogen-bond donors (Lipinski definition) is 2. The SMILES string of the molecule is O=C1Nc2ccccc2Oc2nn[nH]c21. The average Bonchev–Trinajstić information content (AvgIpc) is 2.64. The first-order valence-corrected chi connectivity index (χ1v) is 4.34. The fourth-order valence-electron chi connectivity index (χ4n) is 1.39. The minimum absolute atomic E-state index is 0.192. The van der Waals surface area contributed by atoms with Crippen molar-refractivity contribution in [1.82, 2.24) is 15.4 Å². The standard InChI is InChI=1S/C9H6N4O2/c14-8-7-9(12-13-11-7)15-6-4-2-1-3-5(6)10-8/h1-4H,(H,10,14)(H,11,12,13). The van der Waals surface area contributed by atoms with Crippen LogP contribution < -0.4 is 10.1 Å². The van der Waals surface area contributed by atoms with E-state index in [1.165, 1.54) is 0 Å². The maximum atomic E-state index is 11.6. The second-order valence-electron chi connectivity index (χ2n) is 3.04. The van der Waals surface area contributed by atoms with Crippen molar-refractivity contribution in [3.8, 4) is 11.6 Å². The lowest BCUT2D eigenvalue weighted by molar-refractivity contribution is 0.102. The number of nitrogens with zero attached hydrogens (tertiary/aromatic N) is 2. The number of amides is 1. The van der Waals surface area contributed by atoms with Crippen molar-refractivity contribution in [1.29, 1.82) is 0 Å². The van der Waals surface area contributed by atoms with E-state index in [9.17, 15) is 4.79 Å². The zero-order chi connectivity index (χ0) is 10.3. The first-order chi connectivity index (χ1) is 7.34. The van der Waals surface area contributed by atoms with Crippen LogP contribution in [0.25, 0.3) is 0 Å². The average molecular weight is 202 g/mol. The Morgan fingerprint density at radius 2 is 2.13 bits per heavy atom. The molecule has 1 aliphatic rings. The van der Waals surface area contributed by atoms with Crippen molar-refractivity contribution < 1.29 is 9.53 Å². The van der Waals surface area contributed by atoms with Crippen LogP contribution in [0, 0.1) is 0 Å². The van der Waals surface area contributed by atoms with E-state index in [2.05, 4.69) is 20.7 Å². The van der Waals surface area contributed by atoms with Crippen molar-refractivity contribution >= 4 is 11.6 Å². The van der Waals surface area contributed by atoms with Gasteiger partial charge >= 0.3 is 0 Å². The molecular formula is C9H6N4O2. The molecule has 0 fully saturated rings. The van der Waals surface area contributed by atoms with Gasteiger partial charge in [0.15, 0.2) is 11.4 Å². The summed E-state index contributed by atoms with van der Waals surface area (Å²) in [5, 5.41) is 12.4. The summed E-state index contributed by atoms with van der Waals surface area (Å²) in [6.07, 6.45) is 0. The van der Waals surface area contributed by atoms with Gasteiger partial charge in [0, 0.05) is 0 Å². The van der Waals surface area contributed by atoms with Gasteiger partial charge in [-0.1, -0.05) is 22.4 Å². The van der Waals surface area contributed by atoms with Gasteiger partial charge in [0.1, 0.15) is 0 Å². The molecule has 0 saturated carbocycles. The van der Waals surface area contributed by atoms with Crippen molar-refractivity contribution in [3.05, 3.63) is 30.0 Å². The Labute approximate surface area is 84.3 Å². The third-order valence-electron chi connectivity index (χ3n) is 2.09. The van der Waals surface area contributed by atoms with E-state index >= 15 is 0 Å². The highest BCUT2D eigenvalue weighted by Gasteiger charge is 2.23. The molecule has 6 heteroatoms. The molecule has 1 aliphatic heterocycles. The number of nitrogens with one attached hydrogen (secondary N) is 2. The van der Waals surface area contributed by atoms with E-state index in [-0.39, 0.29) is 17.5 Å². The number of anilines is 1. The largest absolute Gasteiger partial charge is 0.434 e. The van der Waals surface area contributed by atoms with Gasteiger partial charge in [-0.05, 0) is 12.1 Å². The van der Waals surface area contributed by atoms with Crippen LogP contribution in [0.4, 0.5) is 5.69 Å². The number of carbonyl (C=O) groups is 1. The van der Waals surface area contributed by atoms with E-state index in [1.807, 2.05) is 12.1 Å². The summed E-state index contributed by atoms with van der Waals surface area (Å²) in [6.45, 7) is 0. The number of benzene rings is 1. The fourth-order valence-corrected chi connectivity index (χ4v) is 1.39. The van der Waals surface area contributed by atoms with E-state index < -0.39 is 0 Å². The maximum absolute atomic E-state index is 11.6. The number of para-hydroxylation sites is 2. The Morgan fingerprint density at radius 3 is 3.07 bits per heavy atom. The molecule has 0 radical (unpaired) electrons. The Bertz CT molecular complexity index is 534. The molecule has 0 bridgehead atoms. The zero-order valence-corrected chi connectivity index (χ0v) is 7.52. The van der Waals surface area contributed by atoms with Crippen LogP contribution in [-0.4, -0.2) is 21.3 Å². The molecule has 74 valence electrons. The highest BCUT2D eigenvalue weighted by molar-refractivity contribution is 6.06. The van der Waals surface area contributed by atoms with E-state index in [1.54, 1.807) is 12.1 Å². The predicted octanol–water partition coefficient (Wildman–Crippen LogP) is 1.16. The van der Waals surface area contributed by atoms with Gasteiger partial charge < -0.3 is 10.1 Å². The molecular weight excluding hydrogens is 196 g/mol. The molecule has 6 nitrogen and oxygen atoms in total. The van der Waals surface area contributed by atoms with Crippen LogP contribution in [0.3, 0.4) is 0 Å². The van der Waals surface area contributed by atoms with Crippen LogP contribution in [0.1, 0.15) is 10.5 Å². The number of aromatic nitrogens is 3. The number of rotatable bonds is 0. The van der Waals surface area contributed by atoms with E-state index in [0.29, 0.717) is 11.4 Å². The van der Waals surface area contributed by atoms with Crippen molar-refractivity contribution in [3.63, 3.8) is 0 Å². The summed E-state index contributed by atoms with van der Waals surface area (Å²) in [6, 6.07) is 7.13. The fraction of sp³-hybridized carbons (Fsp3) is 0. The third-order valence-corrected chi connectivity index (χ3v) is 2.09. The van der Waals surface area contributed by atoms with Crippen molar-refractivity contribution in [2.75, 3.05) is 5.32 Å². The topological polar surface area (TPSA) is 79.9 Å². The zero-order valence-electron chi connectivity index (χ0n) is 7.52. The molecule has 1 aromatic heterocycles. The van der Waals surface area contributed by atoms with Gasteiger partial charge in [-0.3, -0.25) is 4.79 Å². The molecule has 1 amide bonds. The van der Waals surface area contributed by atoms with E-state index in [4.69, 9.17) is 4.74 Å². The molecule has 0 unspecified atom stereocenters. The number of fused-ring (bicyclic) bond motifs is 2. The Hall–Kier alpha value is -2.37. The Balaban J connectivity index is 2.18. The molecule has 2 heterocycles. The Kier molecular flexibility index (Phi) is 1.49. The van der Waals surface area contributed by atoms with Gasteiger partial charge in [-0.15, -0.1) is 0 Å². The van der Waals surface area contributed by atoms with Crippen LogP contribution in [0.15, 0.2) is 24.3 Å². The number of carbonyl (C=O) groups excluding carboxylic acids is 1. The van der Waals surface area contributed by atoms with Crippen molar-refractivity contribution in [2.45, 2.75) is 0 Å². The lowest BCUT2D eigenvalue weighted by Crippen LogP contribution is -2.10. The third kappa shape index (κ3) is 1.15. The normalized spacial score (nSPS) is 13.2. The van der Waals surface area contributed by atoms with Gasteiger partial charge in [0.05, 0.1) is 5.69 Å². The lowest BCUT2D eigenvalue weighted by Gasteiger charge is -2.04. The van der Waals surface area contributed by atoms with Crippen molar-refractivity contribution in [2.24, 2.45) is 0 Å². The van der Waals surface area contributed by atoms with Crippen LogP contribution in [-0.2, 0) is 0 Å². The van der Waals surface area contributed by atoms with Gasteiger partial charge in [-0.2, -0.15) is 0 Å². The van der Waals surface area contributed by atoms with Gasteiger partial charge in [0.2, 0.25) is 0 Å². The molecule has 0 atom stereocenters. The summed E-state index contributed by atoms with van der Waals surface area (Å²) < 4.78 is 5.42. The van der Waals surface area contributed by atoms with Gasteiger partial charge in [0.25, 0.3) is 11.8 Å². The molecule has 1 aromatic carbocycles. The quantitative estimate of drug-likeness (QED) is 0.671. The number of aromatic amines is 1. The summed E-state index contributed by atoms with van der Waals surface area (Å²) in [5.41, 5.74) is 0.847. The monoisotopic (exact) mass is 202 g/mol. The highest BCUT2D eigenvalue weighted by Crippen LogP contribution is 2.32. The number of ether oxygens (including phenoxy) is 1. The number of H-pyrrole nitrogens is 1. The minimum Gasteiger partial charge on any atom is -0.434 e. The first-order valence-electron chi connectivity index (χ1n) is 4.34. The minimum atomic E-state index is -0.306. The molecule has 2 N–H and O–H groups in total. The summed E-state index contributed by atoms with van der Waals surface area (Å²) >= 11 is 0. The van der Waals surface area contributed by atoms with Crippen LogP contribution in [0.5, 0.6) is 11.6 Å². The summed E-state index contributed by atoms with van der Waals surface area (Å²) in [4.78, 5) is 11.6. The molecule has 15 heavy (non-hydrogen) atoms. The summed E-state index contributed by atoms with van der Waals surface area (Å²) in [5.74, 6) is 0.441. The second kappa shape index (κ2) is 2.81. The summed E-state index contributed by atoms with van der Waals surface area (Å²) in [7, 11) is 0. The predicted molar refractivity (Wildman–Crippen MR) is 50.9 cm³/mol. The molecule has 3 rings (SSSR count). The molecule has 0 spiro atoms. The molecule has 0 saturated heterocycles. The number of hydrogen-bond acceptors (Lipinski definition) is 4. The van der Waals surface area contributed by atoms with Crippen LogP contribution >= 0.6 is 0 Å². The van der Waals surface area contributed by atoms with E-state index in [0.717, 1.165) is 0 Å². The van der Waals surface area contributed by atoms with Gasteiger partial charge in [-0.25, -0.2) is 5.10 Å². The smallest absolute Gasteiger partial charge is 0.279 e. The molecule has 2 aromatic rings. The highest BCUT2D eigenvalue weighted by atomic mass is 16.5. The second-order valence-corrected chi connectivity index (χ2v) is 3.04. The first kappa shape index (κ1) is 7.98. The lowest BCUT2D eigenvalue weighted by atomic mass is 10.3. The molecule has 0 aliphatic carbocycles. The van der Waals surface area contributed by atoms with Crippen LogP contribution in [0.2, 0.25) is 0 Å². The Morgan fingerprint density at radius 1 is 1.27 bits per heavy atom.